The number of thioether (sulfide) groups is 1. The minimum absolute atomic E-state index is 0.0830. The van der Waals surface area contributed by atoms with E-state index in [1.165, 1.54) is 40.8 Å². The van der Waals surface area contributed by atoms with E-state index >= 15 is 0 Å². The number of nitriles is 1. The third-order valence-electron chi connectivity index (χ3n) is 7.05. The molecule has 0 spiro atoms. The number of amidine groups is 1. The van der Waals surface area contributed by atoms with Crippen LogP contribution in [0.2, 0.25) is 0 Å². The number of ether oxygens (including phenoxy) is 1. The molecule has 0 saturated carbocycles. The van der Waals surface area contributed by atoms with E-state index in [0.29, 0.717) is 33.7 Å². The summed E-state index contributed by atoms with van der Waals surface area (Å²) in [6.45, 7) is 5.13. The van der Waals surface area contributed by atoms with Crippen molar-refractivity contribution in [3.05, 3.63) is 90.3 Å². The van der Waals surface area contributed by atoms with Crippen molar-refractivity contribution in [2.45, 2.75) is 38.5 Å². The van der Waals surface area contributed by atoms with Gasteiger partial charge in [0, 0.05) is 30.1 Å². The maximum absolute atomic E-state index is 12.9. The molecule has 1 aliphatic rings. The van der Waals surface area contributed by atoms with Crippen LogP contribution in [0.1, 0.15) is 43.2 Å². The summed E-state index contributed by atoms with van der Waals surface area (Å²) in [4.78, 5) is 23.6. The topological polar surface area (TPSA) is 108 Å². The number of nitrogens with zero attached hydrogens (tertiary/aromatic N) is 6. The summed E-state index contributed by atoms with van der Waals surface area (Å²) in [6, 6.07) is 22.2. The van der Waals surface area contributed by atoms with Gasteiger partial charge in [-0.3, -0.25) is 0 Å². The molecular formula is C32H30F3N7O2S. The summed E-state index contributed by atoms with van der Waals surface area (Å²) in [5, 5.41) is 17.7. The van der Waals surface area contributed by atoms with Crippen LogP contribution in [0, 0.1) is 11.3 Å². The number of alkyl halides is 3. The normalized spacial score (nSPS) is 15.1. The van der Waals surface area contributed by atoms with Crippen molar-refractivity contribution in [3.8, 4) is 28.9 Å². The highest BCUT2D eigenvalue weighted by Gasteiger charge is 2.31. The first-order chi connectivity index (χ1) is 21.6. The third-order valence-corrected chi connectivity index (χ3v) is 8.11. The number of benzene rings is 3. The van der Waals surface area contributed by atoms with Crippen LogP contribution < -0.4 is 15.0 Å². The van der Waals surface area contributed by atoms with Crippen molar-refractivity contribution >= 4 is 28.6 Å². The second-order valence-corrected chi connectivity index (χ2v) is 11.6. The second-order valence-electron chi connectivity index (χ2n) is 10.5. The highest BCUT2D eigenvalue weighted by Crippen LogP contribution is 2.32. The maximum atomic E-state index is 12.9. The molecule has 1 N–H and O–H groups in total. The largest absolute Gasteiger partial charge is 0.573 e. The monoisotopic (exact) mass is 633 g/mol. The fraction of sp³-hybridized carbons (Fsp3) is 0.281. The van der Waals surface area contributed by atoms with Crippen LogP contribution in [0.4, 0.5) is 23.7 Å². The molecule has 0 aliphatic carbocycles. The number of halogens is 3. The van der Waals surface area contributed by atoms with E-state index in [-0.39, 0.29) is 12.3 Å². The van der Waals surface area contributed by atoms with E-state index in [2.05, 4.69) is 62.1 Å². The summed E-state index contributed by atoms with van der Waals surface area (Å²) < 4.78 is 42.6. The van der Waals surface area contributed by atoms with Crippen LogP contribution in [0.3, 0.4) is 0 Å². The molecule has 1 atom stereocenters. The molecule has 1 saturated heterocycles. The number of nitrogens with one attached hydrogen (secondary N) is 1. The predicted octanol–water partition coefficient (Wildman–Crippen LogP) is 7.27. The first-order valence-corrected chi connectivity index (χ1v) is 15.2. The SMILES string of the molecule is CC(C)c1ccccc1N1CCCSC1=NC(=O)NCC(C#N)c1ccc(-c2ncn(-c3ccc(OC(F)(F)F)cc3)n2)cc1. The van der Waals surface area contributed by atoms with E-state index < -0.39 is 18.3 Å². The molecular weight excluding hydrogens is 603 g/mol. The zero-order chi connectivity index (χ0) is 32.0. The number of carbonyl (C=O) groups is 1. The number of carbonyl (C=O) groups excluding carboxylic acids is 1. The lowest BCUT2D eigenvalue weighted by molar-refractivity contribution is -0.274. The summed E-state index contributed by atoms with van der Waals surface area (Å²) in [5.41, 5.74) is 4.12. The molecule has 2 heterocycles. The maximum Gasteiger partial charge on any atom is 0.573 e. The first kappa shape index (κ1) is 31.6. The third kappa shape index (κ3) is 8.02. The Morgan fingerprint density at radius 1 is 1.11 bits per heavy atom. The van der Waals surface area contributed by atoms with E-state index in [4.69, 9.17) is 0 Å². The van der Waals surface area contributed by atoms with E-state index in [0.717, 1.165) is 24.4 Å². The molecule has 1 fully saturated rings. The first-order valence-electron chi connectivity index (χ1n) is 14.2. The van der Waals surface area contributed by atoms with Crippen molar-refractivity contribution in [1.82, 2.24) is 20.1 Å². The Kier molecular flexibility index (Phi) is 9.73. The average Bonchev–Trinajstić information content (AvgIpc) is 3.52. The molecule has 1 aromatic heterocycles. The molecule has 232 valence electrons. The van der Waals surface area contributed by atoms with Gasteiger partial charge in [-0.25, -0.2) is 14.5 Å². The molecule has 0 bridgehead atoms. The molecule has 3 aromatic carbocycles. The van der Waals surface area contributed by atoms with Gasteiger partial charge in [0.25, 0.3) is 0 Å². The van der Waals surface area contributed by atoms with E-state index in [9.17, 15) is 23.2 Å². The summed E-state index contributed by atoms with van der Waals surface area (Å²) >= 11 is 1.54. The minimum Gasteiger partial charge on any atom is -0.406 e. The number of rotatable bonds is 8. The van der Waals surface area contributed by atoms with Crippen molar-refractivity contribution < 1.29 is 22.7 Å². The van der Waals surface area contributed by atoms with Gasteiger partial charge < -0.3 is 15.0 Å². The van der Waals surface area contributed by atoms with Crippen molar-refractivity contribution in [1.29, 1.82) is 5.26 Å². The lowest BCUT2D eigenvalue weighted by Crippen LogP contribution is -2.36. The molecule has 13 heteroatoms. The highest BCUT2D eigenvalue weighted by molar-refractivity contribution is 8.14. The Morgan fingerprint density at radius 3 is 2.53 bits per heavy atom. The summed E-state index contributed by atoms with van der Waals surface area (Å²) in [7, 11) is 0. The zero-order valence-corrected chi connectivity index (χ0v) is 25.3. The predicted molar refractivity (Wildman–Crippen MR) is 168 cm³/mol. The van der Waals surface area contributed by atoms with Crippen molar-refractivity contribution in [3.63, 3.8) is 0 Å². The Morgan fingerprint density at radius 2 is 1.84 bits per heavy atom. The fourth-order valence-electron chi connectivity index (χ4n) is 4.84. The van der Waals surface area contributed by atoms with Crippen LogP contribution in [-0.4, -0.2) is 51.2 Å². The molecule has 0 radical (unpaired) electrons. The van der Waals surface area contributed by atoms with E-state index in [1.54, 1.807) is 36.0 Å². The zero-order valence-electron chi connectivity index (χ0n) is 24.5. The molecule has 5 rings (SSSR count). The molecule has 4 aromatic rings. The number of urea groups is 1. The minimum atomic E-state index is -4.77. The summed E-state index contributed by atoms with van der Waals surface area (Å²) in [5.74, 6) is 0.641. The average molecular weight is 634 g/mol. The Balaban J connectivity index is 1.22. The molecule has 2 amide bonds. The van der Waals surface area contributed by atoms with Crippen molar-refractivity contribution in [2.24, 2.45) is 4.99 Å². The molecule has 45 heavy (non-hydrogen) atoms. The Hall–Kier alpha value is -4.83. The van der Waals surface area contributed by atoms with Crippen LogP contribution in [-0.2, 0) is 0 Å². The quantitative estimate of drug-likeness (QED) is 0.217. The summed E-state index contributed by atoms with van der Waals surface area (Å²) in [6.07, 6.45) is -2.34. The van der Waals surface area contributed by atoms with E-state index in [1.807, 2.05) is 12.1 Å². The van der Waals surface area contributed by atoms with Crippen LogP contribution in [0.5, 0.6) is 5.75 Å². The van der Waals surface area contributed by atoms with Gasteiger partial charge in [0.2, 0.25) is 0 Å². The number of hydrogen-bond acceptors (Lipinski definition) is 6. The molecule has 9 nitrogen and oxygen atoms in total. The molecule has 1 aliphatic heterocycles. The van der Waals surface area contributed by atoms with Gasteiger partial charge in [-0.1, -0.05) is 68.1 Å². The second kappa shape index (κ2) is 13.9. The smallest absolute Gasteiger partial charge is 0.406 e. The Labute approximate surface area is 262 Å². The lowest BCUT2D eigenvalue weighted by atomic mass is 9.99. The van der Waals surface area contributed by atoms with Gasteiger partial charge in [-0.2, -0.15) is 10.3 Å². The standard InChI is InChI=1S/C32H30F3N7O2S/c1-21(2)27-6-3-4-7-28(27)41-16-5-17-45-31(41)39-30(43)37-19-24(18-36)22-8-10-23(11-9-22)29-38-20-42(40-29)25-12-14-26(15-13-25)44-32(33,34)35/h3-4,6-15,20-21,24H,5,16-17,19H2,1-2H3,(H,37,43). The number of hydrogen-bond donors (Lipinski definition) is 1. The number of para-hydroxylation sites is 1. The van der Waals surface area contributed by atoms with Crippen molar-refractivity contribution in [2.75, 3.05) is 23.7 Å². The van der Waals surface area contributed by atoms with Gasteiger partial charge in [-0.15, -0.1) is 18.3 Å². The van der Waals surface area contributed by atoms with Gasteiger partial charge in [0.05, 0.1) is 17.7 Å². The molecule has 1 unspecified atom stereocenters. The van der Waals surface area contributed by atoms with Crippen LogP contribution in [0.15, 0.2) is 84.1 Å². The van der Waals surface area contributed by atoms with Crippen LogP contribution >= 0.6 is 11.8 Å². The fourth-order valence-corrected chi connectivity index (χ4v) is 5.78. The number of amides is 2. The lowest BCUT2D eigenvalue weighted by Gasteiger charge is -2.31. The number of aliphatic imine (C=N–C) groups is 1. The highest BCUT2D eigenvalue weighted by atomic mass is 32.2. The van der Waals surface area contributed by atoms with Gasteiger partial charge in [0.1, 0.15) is 12.1 Å². The van der Waals surface area contributed by atoms with Crippen LogP contribution in [0.25, 0.3) is 17.1 Å². The van der Waals surface area contributed by atoms with Gasteiger partial charge >= 0.3 is 12.4 Å². The van der Waals surface area contributed by atoms with Gasteiger partial charge in [-0.05, 0) is 53.8 Å². The Bertz CT molecular complexity index is 1700. The number of anilines is 1. The number of aromatic nitrogens is 3. The van der Waals surface area contributed by atoms with Gasteiger partial charge in [0.15, 0.2) is 11.0 Å².